The van der Waals surface area contributed by atoms with Crippen molar-refractivity contribution in [2.45, 2.75) is 78.4 Å². The fourth-order valence-corrected chi connectivity index (χ4v) is 3.12. The molecule has 0 heterocycles. The molecule has 1 atom stereocenters. The molecule has 1 fully saturated rings. The van der Waals surface area contributed by atoms with E-state index in [1.165, 1.54) is 12.8 Å². The molecule has 0 saturated heterocycles. The topological polar surface area (TPSA) is 58.6 Å². The van der Waals surface area contributed by atoms with Crippen LogP contribution in [0.2, 0.25) is 0 Å². The van der Waals surface area contributed by atoms with Gasteiger partial charge in [0.25, 0.3) is 0 Å². The van der Waals surface area contributed by atoms with E-state index in [-0.39, 0.29) is 12.5 Å². The van der Waals surface area contributed by atoms with E-state index < -0.39 is 17.3 Å². The lowest BCUT2D eigenvalue weighted by molar-refractivity contribution is -0.0265. The third-order valence-corrected chi connectivity index (χ3v) is 4.58. The molecule has 0 aromatic carbocycles. The van der Waals surface area contributed by atoms with Crippen molar-refractivity contribution in [2.24, 2.45) is 17.8 Å². The Morgan fingerprint density at radius 2 is 1.71 bits per heavy atom. The van der Waals surface area contributed by atoms with Crippen LogP contribution >= 0.6 is 0 Å². The molecular weight excluding hydrogens is 266 g/mol. The Morgan fingerprint density at radius 1 is 1.19 bits per heavy atom. The molecule has 0 aromatic heterocycles. The molecule has 0 bridgehead atoms. The van der Waals surface area contributed by atoms with Crippen LogP contribution < -0.4 is 5.32 Å². The van der Waals surface area contributed by atoms with E-state index in [1.54, 1.807) is 0 Å². The van der Waals surface area contributed by atoms with Gasteiger partial charge in [-0.2, -0.15) is 0 Å². The molecule has 1 rings (SSSR count). The number of amides is 1. The fraction of sp³-hybridized carbons (Fsp3) is 0.941. The molecule has 1 saturated carbocycles. The molecule has 4 nitrogen and oxygen atoms in total. The quantitative estimate of drug-likeness (QED) is 0.831. The minimum Gasteiger partial charge on any atom is -0.444 e. The second-order valence-electron chi connectivity index (χ2n) is 8.07. The number of carbonyl (C=O) groups is 1. The van der Waals surface area contributed by atoms with Gasteiger partial charge in [-0.1, -0.05) is 13.8 Å². The average Bonchev–Trinajstić information content (AvgIpc) is 2.34. The van der Waals surface area contributed by atoms with Gasteiger partial charge >= 0.3 is 6.09 Å². The highest BCUT2D eigenvalue weighted by molar-refractivity contribution is 5.67. The average molecular weight is 299 g/mol. The van der Waals surface area contributed by atoms with Crippen molar-refractivity contribution in [1.82, 2.24) is 5.32 Å². The van der Waals surface area contributed by atoms with Gasteiger partial charge in [0.1, 0.15) is 5.60 Å². The van der Waals surface area contributed by atoms with Crippen LogP contribution in [0, 0.1) is 17.8 Å². The monoisotopic (exact) mass is 299 g/mol. The van der Waals surface area contributed by atoms with Crippen molar-refractivity contribution in [3.63, 3.8) is 0 Å². The lowest BCUT2D eigenvalue weighted by atomic mass is 9.71. The molecule has 2 N–H and O–H groups in total. The van der Waals surface area contributed by atoms with Gasteiger partial charge in [-0.3, -0.25) is 0 Å². The number of nitrogens with one attached hydrogen (secondary N) is 1. The number of aliphatic hydroxyl groups is 1. The first-order chi connectivity index (χ1) is 9.51. The van der Waals surface area contributed by atoms with E-state index in [9.17, 15) is 9.90 Å². The van der Waals surface area contributed by atoms with Crippen molar-refractivity contribution in [3.05, 3.63) is 0 Å². The molecule has 21 heavy (non-hydrogen) atoms. The molecule has 0 radical (unpaired) electrons. The SMILES string of the molecule is CC(C)C1CCC(C(C)(O)CNC(=O)OC(C)(C)C)CC1. The minimum absolute atomic E-state index is 0.249. The maximum Gasteiger partial charge on any atom is 0.407 e. The summed E-state index contributed by atoms with van der Waals surface area (Å²) in [5.74, 6) is 1.74. The number of hydrogen-bond acceptors (Lipinski definition) is 3. The number of carbonyl (C=O) groups excluding carboxylic acids is 1. The Labute approximate surface area is 129 Å². The maximum atomic E-state index is 11.7. The Morgan fingerprint density at radius 3 is 2.14 bits per heavy atom. The lowest BCUT2D eigenvalue weighted by Crippen LogP contribution is -2.48. The van der Waals surface area contributed by atoms with Gasteiger partial charge in [-0.25, -0.2) is 4.79 Å². The standard InChI is InChI=1S/C17H33NO3/c1-12(2)13-7-9-14(10-8-13)17(6,20)11-18-15(19)21-16(3,4)5/h12-14,20H,7-11H2,1-6H3,(H,18,19). The Kier molecular flexibility index (Phi) is 6.09. The van der Waals surface area contributed by atoms with Crippen LogP contribution in [0.25, 0.3) is 0 Å². The van der Waals surface area contributed by atoms with Crippen molar-refractivity contribution < 1.29 is 14.6 Å². The van der Waals surface area contributed by atoms with Crippen LogP contribution in [-0.4, -0.2) is 28.9 Å². The van der Waals surface area contributed by atoms with E-state index in [2.05, 4.69) is 19.2 Å². The molecule has 0 aliphatic heterocycles. The summed E-state index contributed by atoms with van der Waals surface area (Å²) in [4.78, 5) is 11.7. The van der Waals surface area contributed by atoms with Crippen LogP contribution in [0.1, 0.15) is 67.2 Å². The zero-order chi connectivity index (χ0) is 16.3. The third kappa shape index (κ3) is 6.25. The van der Waals surface area contributed by atoms with Gasteiger partial charge in [0.15, 0.2) is 0 Å². The summed E-state index contributed by atoms with van der Waals surface area (Å²) in [6.07, 6.45) is 3.95. The second-order valence-corrected chi connectivity index (χ2v) is 8.07. The van der Waals surface area contributed by atoms with Crippen molar-refractivity contribution in [3.8, 4) is 0 Å². The summed E-state index contributed by atoms with van der Waals surface area (Å²) < 4.78 is 5.21. The van der Waals surface area contributed by atoms with E-state index in [0.717, 1.165) is 24.7 Å². The molecule has 124 valence electrons. The summed E-state index contributed by atoms with van der Waals surface area (Å²) in [5.41, 5.74) is -1.37. The van der Waals surface area contributed by atoms with Gasteiger partial charge < -0.3 is 15.2 Å². The third-order valence-electron chi connectivity index (χ3n) is 4.58. The van der Waals surface area contributed by atoms with Crippen LogP contribution in [0.3, 0.4) is 0 Å². The number of rotatable bonds is 4. The Hall–Kier alpha value is -0.770. The highest BCUT2D eigenvalue weighted by Gasteiger charge is 2.36. The van der Waals surface area contributed by atoms with E-state index >= 15 is 0 Å². The fourth-order valence-electron chi connectivity index (χ4n) is 3.12. The summed E-state index contributed by atoms with van der Waals surface area (Å²) in [6, 6.07) is 0. The summed E-state index contributed by atoms with van der Waals surface area (Å²) in [6.45, 7) is 12.1. The first kappa shape index (κ1) is 18.3. The number of alkyl carbamates (subject to hydrolysis) is 1. The minimum atomic E-state index is -0.862. The summed E-state index contributed by atoms with van der Waals surface area (Å²) in [7, 11) is 0. The molecule has 4 heteroatoms. The molecule has 1 unspecified atom stereocenters. The first-order valence-corrected chi connectivity index (χ1v) is 8.20. The van der Waals surface area contributed by atoms with Crippen LogP contribution in [0.15, 0.2) is 0 Å². The highest BCUT2D eigenvalue weighted by Crippen LogP contribution is 2.38. The van der Waals surface area contributed by atoms with E-state index in [1.807, 2.05) is 27.7 Å². The highest BCUT2D eigenvalue weighted by atomic mass is 16.6. The molecule has 0 spiro atoms. The zero-order valence-electron chi connectivity index (χ0n) is 14.5. The van der Waals surface area contributed by atoms with Crippen LogP contribution in [0.4, 0.5) is 4.79 Å². The van der Waals surface area contributed by atoms with Crippen molar-refractivity contribution in [1.29, 1.82) is 0 Å². The molecule has 1 amide bonds. The zero-order valence-corrected chi connectivity index (χ0v) is 14.5. The van der Waals surface area contributed by atoms with E-state index in [0.29, 0.717) is 0 Å². The number of hydrogen-bond donors (Lipinski definition) is 2. The largest absolute Gasteiger partial charge is 0.444 e. The van der Waals surface area contributed by atoms with Gasteiger partial charge in [-0.05, 0) is 71.1 Å². The summed E-state index contributed by atoms with van der Waals surface area (Å²) >= 11 is 0. The lowest BCUT2D eigenvalue weighted by Gasteiger charge is -2.39. The predicted molar refractivity (Wildman–Crippen MR) is 85.1 cm³/mol. The molecule has 1 aliphatic rings. The van der Waals surface area contributed by atoms with E-state index in [4.69, 9.17) is 4.74 Å². The van der Waals surface area contributed by atoms with Crippen LogP contribution in [0.5, 0.6) is 0 Å². The molecule has 1 aliphatic carbocycles. The van der Waals surface area contributed by atoms with Gasteiger partial charge in [0.05, 0.1) is 5.60 Å². The maximum absolute atomic E-state index is 11.7. The van der Waals surface area contributed by atoms with Gasteiger partial charge in [0, 0.05) is 6.54 Å². The normalized spacial score (nSPS) is 26.3. The van der Waals surface area contributed by atoms with Gasteiger partial charge in [-0.15, -0.1) is 0 Å². The second kappa shape index (κ2) is 6.99. The Bertz CT molecular complexity index is 336. The molecule has 0 aromatic rings. The van der Waals surface area contributed by atoms with Crippen LogP contribution in [-0.2, 0) is 4.74 Å². The Balaban J connectivity index is 2.42. The predicted octanol–water partition coefficient (Wildman–Crippen LogP) is 3.72. The molecular formula is C17H33NO3. The summed E-state index contributed by atoms with van der Waals surface area (Å²) in [5, 5.41) is 13.3. The van der Waals surface area contributed by atoms with Crippen molar-refractivity contribution in [2.75, 3.05) is 6.54 Å². The van der Waals surface area contributed by atoms with Gasteiger partial charge in [0.2, 0.25) is 0 Å². The first-order valence-electron chi connectivity index (χ1n) is 8.20. The smallest absolute Gasteiger partial charge is 0.407 e. The number of ether oxygens (including phenoxy) is 1. The van der Waals surface area contributed by atoms with Crippen molar-refractivity contribution >= 4 is 6.09 Å².